The second-order valence-electron chi connectivity index (χ2n) is 3.97. The van der Waals surface area contributed by atoms with E-state index in [2.05, 4.69) is 15.3 Å². The third kappa shape index (κ3) is 2.56. The summed E-state index contributed by atoms with van der Waals surface area (Å²) in [5, 5.41) is 15.9. The minimum absolute atomic E-state index is 0.0350. The molecule has 0 aromatic carbocycles. The molecule has 0 radical (unpaired) electrons. The van der Waals surface area contributed by atoms with E-state index in [0.717, 1.165) is 16.2 Å². The molecule has 20 heavy (non-hydrogen) atoms. The van der Waals surface area contributed by atoms with Crippen molar-refractivity contribution in [2.75, 3.05) is 33.2 Å². The summed E-state index contributed by atoms with van der Waals surface area (Å²) in [6.07, 6.45) is 0. The van der Waals surface area contributed by atoms with Crippen LogP contribution in [-0.4, -0.2) is 77.7 Å². The molecule has 0 saturated carbocycles. The first-order valence-electron chi connectivity index (χ1n) is 5.61. The van der Waals surface area contributed by atoms with Gasteiger partial charge in [0.05, 0.1) is 19.8 Å². The van der Waals surface area contributed by atoms with E-state index >= 15 is 0 Å². The standard InChI is InChI=1S/C8H15N5O5S2/c1-11(18-2)20(16,17)12-5-19-8(10-12)13-6(4-14)3-9-7(13)15/h6,14H,3-5H2,1-2H3,(H,9,15). The molecule has 12 heteroatoms. The summed E-state index contributed by atoms with van der Waals surface area (Å²) >= 11 is 1.09. The van der Waals surface area contributed by atoms with Gasteiger partial charge in [-0.25, -0.2) is 4.79 Å². The summed E-state index contributed by atoms with van der Waals surface area (Å²) in [6, 6.07) is -0.855. The van der Waals surface area contributed by atoms with Crippen LogP contribution in [0.25, 0.3) is 0 Å². The van der Waals surface area contributed by atoms with Crippen molar-refractivity contribution in [3.05, 3.63) is 0 Å². The number of carbonyl (C=O) groups excluding carboxylic acids is 1. The smallest absolute Gasteiger partial charge is 0.341 e. The fourth-order valence-electron chi connectivity index (χ4n) is 1.67. The number of amidine groups is 1. The van der Waals surface area contributed by atoms with Crippen molar-refractivity contribution in [3.63, 3.8) is 0 Å². The van der Waals surface area contributed by atoms with Crippen LogP contribution >= 0.6 is 11.8 Å². The lowest BCUT2D eigenvalue weighted by molar-refractivity contribution is -0.0310. The highest BCUT2D eigenvalue weighted by Gasteiger charge is 2.39. The SMILES string of the molecule is CON(C)S(=O)(=O)N1CSC(N2C(=O)NCC2CO)=N1. The molecule has 1 saturated heterocycles. The highest BCUT2D eigenvalue weighted by molar-refractivity contribution is 8.14. The highest BCUT2D eigenvalue weighted by atomic mass is 32.2. The largest absolute Gasteiger partial charge is 0.394 e. The molecule has 0 aliphatic carbocycles. The molecule has 2 aliphatic heterocycles. The molecule has 2 amide bonds. The van der Waals surface area contributed by atoms with Gasteiger partial charge in [-0.2, -0.15) is 12.8 Å². The molecular weight excluding hydrogens is 310 g/mol. The Morgan fingerprint density at radius 2 is 2.35 bits per heavy atom. The van der Waals surface area contributed by atoms with E-state index in [0.29, 0.717) is 11.0 Å². The van der Waals surface area contributed by atoms with Crippen molar-refractivity contribution in [2.45, 2.75) is 6.04 Å². The maximum absolute atomic E-state index is 12.0. The van der Waals surface area contributed by atoms with Crippen LogP contribution in [-0.2, 0) is 15.0 Å². The third-order valence-corrected chi connectivity index (χ3v) is 5.46. The molecule has 1 unspecified atom stereocenters. The van der Waals surface area contributed by atoms with E-state index in [-0.39, 0.29) is 17.7 Å². The first-order chi connectivity index (χ1) is 9.41. The second kappa shape index (κ2) is 5.73. The average Bonchev–Trinajstić information content (AvgIpc) is 3.03. The molecule has 0 aromatic rings. The van der Waals surface area contributed by atoms with Gasteiger partial charge in [-0.1, -0.05) is 16.2 Å². The van der Waals surface area contributed by atoms with Gasteiger partial charge in [0.15, 0.2) is 5.17 Å². The molecule has 0 spiro atoms. The number of aliphatic hydroxyl groups excluding tert-OH is 1. The molecule has 2 aliphatic rings. The van der Waals surface area contributed by atoms with Crippen molar-refractivity contribution < 1.29 is 23.2 Å². The van der Waals surface area contributed by atoms with Gasteiger partial charge in [0.25, 0.3) is 0 Å². The average molecular weight is 325 g/mol. The molecule has 0 bridgehead atoms. The Labute approximate surface area is 120 Å². The zero-order valence-corrected chi connectivity index (χ0v) is 12.5. The number of carbonyl (C=O) groups is 1. The number of aliphatic hydroxyl groups is 1. The highest BCUT2D eigenvalue weighted by Crippen LogP contribution is 2.26. The predicted octanol–water partition coefficient (Wildman–Crippen LogP) is -1.61. The number of nitrogens with zero attached hydrogens (tertiary/aromatic N) is 4. The Hall–Kier alpha value is -1.08. The third-order valence-electron chi connectivity index (χ3n) is 2.84. The zero-order valence-electron chi connectivity index (χ0n) is 10.9. The van der Waals surface area contributed by atoms with E-state index in [1.54, 1.807) is 0 Å². The monoisotopic (exact) mass is 325 g/mol. The number of rotatable bonds is 4. The normalized spacial score (nSPS) is 23.5. The second-order valence-corrected chi connectivity index (χ2v) is 6.71. The van der Waals surface area contributed by atoms with Crippen LogP contribution in [0.5, 0.6) is 0 Å². The quantitative estimate of drug-likeness (QED) is 0.601. The van der Waals surface area contributed by atoms with Gasteiger partial charge in [-0.15, -0.1) is 5.10 Å². The van der Waals surface area contributed by atoms with Crippen LogP contribution in [0.1, 0.15) is 0 Å². The molecule has 114 valence electrons. The van der Waals surface area contributed by atoms with E-state index in [1.807, 2.05) is 0 Å². The molecule has 2 heterocycles. The van der Waals surface area contributed by atoms with Crippen LogP contribution in [0.4, 0.5) is 4.79 Å². The Morgan fingerprint density at radius 3 is 2.95 bits per heavy atom. The molecule has 1 fully saturated rings. The molecule has 1 atom stereocenters. The van der Waals surface area contributed by atoms with Crippen molar-refractivity contribution >= 4 is 33.2 Å². The lowest BCUT2D eigenvalue weighted by atomic mass is 10.3. The molecule has 0 aromatic heterocycles. The molecule has 2 N–H and O–H groups in total. The first-order valence-corrected chi connectivity index (χ1v) is 8.00. The van der Waals surface area contributed by atoms with Crippen LogP contribution in [0.2, 0.25) is 0 Å². The summed E-state index contributed by atoms with van der Waals surface area (Å²) in [7, 11) is -1.41. The minimum Gasteiger partial charge on any atom is -0.394 e. The van der Waals surface area contributed by atoms with Crippen molar-refractivity contribution in [1.82, 2.24) is 19.1 Å². The first kappa shape index (κ1) is 15.3. The number of hydrogen-bond donors (Lipinski definition) is 2. The Morgan fingerprint density at radius 1 is 1.65 bits per heavy atom. The molecular formula is C8H15N5O5S2. The Balaban J connectivity index is 2.20. The van der Waals surface area contributed by atoms with Crippen molar-refractivity contribution in [2.24, 2.45) is 5.10 Å². The van der Waals surface area contributed by atoms with E-state index < -0.39 is 22.3 Å². The summed E-state index contributed by atoms with van der Waals surface area (Å²) in [5.74, 6) is 0.0350. The number of nitrogens with one attached hydrogen (secondary N) is 1. The van der Waals surface area contributed by atoms with Crippen LogP contribution in [0, 0.1) is 0 Å². The fourth-order valence-corrected chi connectivity index (χ4v) is 3.85. The van der Waals surface area contributed by atoms with Crippen LogP contribution < -0.4 is 5.32 Å². The summed E-state index contributed by atoms with van der Waals surface area (Å²) in [5.41, 5.74) is 0. The van der Waals surface area contributed by atoms with Crippen LogP contribution in [0.15, 0.2) is 5.10 Å². The molecule has 2 rings (SSSR count). The van der Waals surface area contributed by atoms with Crippen LogP contribution in [0.3, 0.4) is 0 Å². The Kier molecular flexibility index (Phi) is 4.39. The number of amides is 2. The summed E-state index contributed by atoms with van der Waals surface area (Å²) in [4.78, 5) is 17.6. The van der Waals surface area contributed by atoms with Gasteiger partial charge in [-0.3, -0.25) is 9.74 Å². The van der Waals surface area contributed by atoms with Gasteiger partial charge in [0.1, 0.15) is 5.88 Å². The van der Waals surface area contributed by atoms with Crippen molar-refractivity contribution in [3.8, 4) is 0 Å². The van der Waals surface area contributed by atoms with E-state index in [4.69, 9.17) is 0 Å². The van der Waals surface area contributed by atoms with Gasteiger partial charge in [-0.05, 0) is 0 Å². The maximum atomic E-state index is 12.0. The maximum Gasteiger partial charge on any atom is 0.341 e. The summed E-state index contributed by atoms with van der Waals surface area (Å²) in [6.45, 7) is 0.0582. The predicted molar refractivity (Wildman–Crippen MR) is 71.5 cm³/mol. The number of hydrazone groups is 1. The van der Waals surface area contributed by atoms with Gasteiger partial charge in [0.2, 0.25) is 0 Å². The number of thioether (sulfide) groups is 1. The molecule has 10 nitrogen and oxygen atoms in total. The minimum atomic E-state index is -3.88. The zero-order chi connectivity index (χ0) is 14.9. The van der Waals surface area contributed by atoms with Gasteiger partial charge < -0.3 is 10.4 Å². The number of urea groups is 1. The fraction of sp³-hybridized carbons (Fsp3) is 0.750. The lowest BCUT2D eigenvalue weighted by Gasteiger charge is -2.20. The van der Waals surface area contributed by atoms with E-state index in [9.17, 15) is 18.3 Å². The summed E-state index contributed by atoms with van der Waals surface area (Å²) < 4.78 is 25.5. The number of hydroxylamine groups is 1. The number of hydrogen-bond acceptors (Lipinski definition) is 7. The Bertz CT molecular complexity index is 523. The topological polar surface area (TPSA) is 115 Å². The van der Waals surface area contributed by atoms with E-state index in [1.165, 1.54) is 19.1 Å². The van der Waals surface area contributed by atoms with Gasteiger partial charge in [0, 0.05) is 13.6 Å². The van der Waals surface area contributed by atoms with Crippen molar-refractivity contribution in [1.29, 1.82) is 0 Å². The lowest BCUT2D eigenvalue weighted by Crippen LogP contribution is -2.40. The van der Waals surface area contributed by atoms with Gasteiger partial charge >= 0.3 is 16.2 Å².